The predicted octanol–water partition coefficient (Wildman–Crippen LogP) is 3.18. The van der Waals surface area contributed by atoms with Crippen LogP contribution < -0.4 is 5.73 Å². The molecule has 1 aromatic rings. The summed E-state index contributed by atoms with van der Waals surface area (Å²) in [6.45, 7) is 0.338. The molecular weight excluding hydrogens is 263 g/mol. The Bertz CT molecular complexity index is 407. The van der Waals surface area contributed by atoms with Gasteiger partial charge < -0.3 is 10.5 Å². The molecule has 0 saturated heterocycles. The molecule has 0 heterocycles. The Kier molecular flexibility index (Phi) is 5.55. The second-order valence-electron chi connectivity index (χ2n) is 3.84. The molecule has 0 atom stereocenters. The molecule has 0 bridgehead atoms. The van der Waals surface area contributed by atoms with Crippen LogP contribution in [0.5, 0.6) is 0 Å². The van der Waals surface area contributed by atoms with Gasteiger partial charge in [-0.25, -0.2) is 0 Å². The van der Waals surface area contributed by atoms with Gasteiger partial charge in [-0.1, -0.05) is 30.4 Å². The highest BCUT2D eigenvalue weighted by molar-refractivity contribution is 7.80. The monoisotopic (exact) mass is 277 g/mol. The number of thiocarbonyl (C=S) groups is 1. The largest absolute Gasteiger partial charge is 0.389 e. The van der Waals surface area contributed by atoms with E-state index in [1.54, 1.807) is 18.2 Å². The molecule has 18 heavy (non-hydrogen) atoms. The highest BCUT2D eigenvalue weighted by Crippen LogP contribution is 2.21. The second-order valence-corrected chi connectivity index (χ2v) is 4.28. The van der Waals surface area contributed by atoms with Crippen molar-refractivity contribution in [2.45, 2.75) is 25.6 Å². The van der Waals surface area contributed by atoms with Crippen molar-refractivity contribution in [1.29, 1.82) is 0 Å². The van der Waals surface area contributed by atoms with Crippen molar-refractivity contribution in [3.05, 3.63) is 35.4 Å². The average molecular weight is 277 g/mol. The van der Waals surface area contributed by atoms with Crippen molar-refractivity contribution < 1.29 is 17.9 Å². The van der Waals surface area contributed by atoms with Gasteiger partial charge in [0.15, 0.2) is 0 Å². The first-order valence-electron chi connectivity index (χ1n) is 5.42. The van der Waals surface area contributed by atoms with E-state index in [4.69, 9.17) is 22.7 Å². The molecule has 100 valence electrons. The summed E-state index contributed by atoms with van der Waals surface area (Å²) in [6, 6.07) is 7.13. The maximum absolute atomic E-state index is 11.9. The van der Waals surface area contributed by atoms with Gasteiger partial charge in [-0.3, -0.25) is 0 Å². The molecule has 0 spiro atoms. The Morgan fingerprint density at radius 1 is 1.33 bits per heavy atom. The highest BCUT2D eigenvalue weighted by atomic mass is 32.1. The first kappa shape index (κ1) is 14.9. The Morgan fingerprint density at radius 2 is 2.06 bits per heavy atom. The lowest BCUT2D eigenvalue weighted by molar-refractivity contribution is -0.138. The van der Waals surface area contributed by atoms with Crippen LogP contribution >= 0.6 is 12.2 Å². The molecule has 0 saturated carbocycles. The fourth-order valence-electron chi connectivity index (χ4n) is 1.38. The topological polar surface area (TPSA) is 35.2 Å². The van der Waals surface area contributed by atoms with E-state index in [0.717, 1.165) is 11.1 Å². The van der Waals surface area contributed by atoms with Crippen molar-refractivity contribution in [3.63, 3.8) is 0 Å². The number of benzene rings is 1. The molecule has 0 aliphatic carbocycles. The minimum atomic E-state index is -4.12. The predicted molar refractivity (Wildman–Crippen MR) is 67.3 cm³/mol. The fourth-order valence-corrected chi connectivity index (χ4v) is 1.51. The molecule has 0 radical (unpaired) electrons. The summed E-state index contributed by atoms with van der Waals surface area (Å²) in [4.78, 5) is 0.286. The van der Waals surface area contributed by atoms with Crippen LogP contribution in [0.4, 0.5) is 13.2 Å². The molecule has 2 nitrogen and oxygen atoms in total. The van der Waals surface area contributed by atoms with Gasteiger partial charge in [0.25, 0.3) is 0 Å². The normalized spacial score (nSPS) is 11.5. The van der Waals surface area contributed by atoms with E-state index in [2.05, 4.69) is 0 Å². The lowest BCUT2D eigenvalue weighted by Crippen LogP contribution is -2.10. The van der Waals surface area contributed by atoms with Crippen molar-refractivity contribution in [2.24, 2.45) is 5.73 Å². The van der Waals surface area contributed by atoms with E-state index in [1.165, 1.54) is 0 Å². The van der Waals surface area contributed by atoms with Gasteiger partial charge >= 0.3 is 6.18 Å². The minimum absolute atomic E-state index is 0.0293. The number of alkyl halides is 3. The average Bonchev–Trinajstić information content (AvgIpc) is 2.27. The molecule has 0 unspecified atom stereocenters. The van der Waals surface area contributed by atoms with Crippen LogP contribution in [0.15, 0.2) is 24.3 Å². The quantitative estimate of drug-likeness (QED) is 0.640. The standard InChI is InChI=1S/C12H14F3NOS/c13-12(14,15)5-2-6-17-8-9-3-1-4-10(7-9)11(16)18/h1,3-4,7H,2,5-6,8H2,(H2,16,18). The zero-order valence-corrected chi connectivity index (χ0v) is 10.5. The third-order valence-electron chi connectivity index (χ3n) is 2.23. The first-order valence-corrected chi connectivity index (χ1v) is 5.82. The molecule has 0 aromatic heterocycles. The SMILES string of the molecule is NC(=S)c1cccc(COCCCC(F)(F)F)c1. The first-order chi connectivity index (χ1) is 8.38. The number of hydrogen-bond acceptors (Lipinski definition) is 2. The molecule has 6 heteroatoms. The van der Waals surface area contributed by atoms with E-state index < -0.39 is 12.6 Å². The van der Waals surface area contributed by atoms with Crippen LogP contribution in [0.1, 0.15) is 24.0 Å². The van der Waals surface area contributed by atoms with Crippen LogP contribution in [0.25, 0.3) is 0 Å². The zero-order chi connectivity index (χ0) is 13.6. The maximum Gasteiger partial charge on any atom is 0.389 e. The van der Waals surface area contributed by atoms with Crippen molar-refractivity contribution in [3.8, 4) is 0 Å². The number of rotatable bonds is 6. The summed E-state index contributed by atoms with van der Waals surface area (Å²) in [5.41, 5.74) is 7.04. The van der Waals surface area contributed by atoms with E-state index >= 15 is 0 Å². The van der Waals surface area contributed by atoms with Gasteiger partial charge in [-0.15, -0.1) is 0 Å². The van der Waals surface area contributed by atoms with E-state index in [0.29, 0.717) is 0 Å². The third kappa shape index (κ3) is 5.97. The van der Waals surface area contributed by atoms with E-state index in [1.807, 2.05) is 6.07 Å². The van der Waals surface area contributed by atoms with Gasteiger partial charge in [0.05, 0.1) is 6.61 Å². The van der Waals surface area contributed by atoms with Gasteiger partial charge in [-0.05, 0) is 18.1 Å². The van der Waals surface area contributed by atoms with Crippen LogP contribution in [-0.2, 0) is 11.3 Å². The molecule has 1 aromatic carbocycles. The van der Waals surface area contributed by atoms with Crippen LogP contribution in [0, 0.1) is 0 Å². The van der Waals surface area contributed by atoms with Gasteiger partial charge in [-0.2, -0.15) is 13.2 Å². The molecule has 0 fully saturated rings. The molecular formula is C12H14F3NOS. The minimum Gasteiger partial charge on any atom is -0.389 e. The second kappa shape index (κ2) is 6.70. The molecule has 0 aliphatic heterocycles. The van der Waals surface area contributed by atoms with Crippen molar-refractivity contribution in [2.75, 3.05) is 6.61 Å². The van der Waals surface area contributed by atoms with Crippen LogP contribution in [0.2, 0.25) is 0 Å². The summed E-state index contributed by atoms with van der Waals surface area (Å²) in [5.74, 6) is 0. The van der Waals surface area contributed by atoms with E-state index in [-0.39, 0.29) is 24.6 Å². The lowest BCUT2D eigenvalue weighted by atomic mass is 10.1. The summed E-state index contributed by atoms with van der Waals surface area (Å²) >= 11 is 4.83. The smallest absolute Gasteiger partial charge is 0.389 e. The molecule has 1 rings (SSSR count). The maximum atomic E-state index is 11.9. The molecule has 0 aliphatic rings. The number of ether oxygens (including phenoxy) is 1. The number of nitrogens with two attached hydrogens (primary N) is 1. The summed E-state index contributed by atoms with van der Waals surface area (Å²) < 4.78 is 40.8. The van der Waals surface area contributed by atoms with Gasteiger partial charge in [0.2, 0.25) is 0 Å². The third-order valence-corrected chi connectivity index (χ3v) is 2.46. The lowest BCUT2D eigenvalue weighted by Gasteiger charge is -2.07. The van der Waals surface area contributed by atoms with Gasteiger partial charge in [0.1, 0.15) is 4.99 Å². The summed E-state index contributed by atoms with van der Waals surface area (Å²) in [7, 11) is 0. The van der Waals surface area contributed by atoms with Crippen molar-refractivity contribution >= 4 is 17.2 Å². The van der Waals surface area contributed by atoms with Crippen LogP contribution in [-0.4, -0.2) is 17.8 Å². The Morgan fingerprint density at radius 3 is 2.67 bits per heavy atom. The Labute approximate surface area is 109 Å². The van der Waals surface area contributed by atoms with Gasteiger partial charge in [0, 0.05) is 18.6 Å². The zero-order valence-electron chi connectivity index (χ0n) is 9.67. The molecule has 0 amide bonds. The summed E-state index contributed by atoms with van der Waals surface area (Å²) in [6.07, 6.45) is -4.96. The highest BCUT2D eigenvalue weighted by Gasteiger charge is 2.25. The molecule has 2 N–H and O–H groups in total. The number of halogens is 3. The summed E-state index contributed by atoms with van der Waals surface area (Å²) in [5, 5.41) is 0. The number of hydrogen-bond donors (Lipinski definition) is 1. The van der Waals surface area contributed by atoms with Crippen molar-refractivity contribution in [1.82, 2.24) is 0 Å². The van der Waals surface area contributed by atoms with Crippen LogP contribution in [0.3, 0.4) is 0 Å². The Balaban J connectivity index is 2.31. The fraction of sp³-hybridized carbons (Fsp3) is 0.417. The van der Waals surface area contributed by atoms with E-state index in [9.17, 15) is 13.2 Å². The Hall–Kier alpha value is -1.14.